The van der Waals surface area contributed by atoms with Gasteiger partial charge in [-0.25, -0.2) is 9.86 Å². The first-order chi connectivity index (χ1) is 13.9. The Balaban J connectivity index is 1.78. The molecule has 1 aromatic rings. The molecular formula is C20H33N5O4. The average Bonchev–Trinajstić information content (AvgIpc) is 2.70. The molecule has 1 aromatic carbocycles. The zero-order valence-corrected chi connectivity index (χ0v) is 17.2. The maximum atomic E-state index is 11.8. The first-order valence-corrected chi connectivity index (χ1v) is 10.1. The topological polar surface area (TPSA) is 125 Å². The Morgan fingerprint density at radius 3 is 2.52 bits per heavy atom. The number of hydroxylamine groups is 2. The van der Waals surface area contributed by atoms with Crippen LogP contribution in [0.15, 0.2) is 18.2 Å². The second kappa shape index (κ2) is 11.6. The van der Waals surface area contributed by atoms with E-state index in [0.717, 1.165) is 51.1 Å². The van der Waals surface area contributed by atoms with Crippen molar-refractivity contribution in [1.29, 1.82) is 0 Å². The van der Waals surface area contributed by atoms with E-state index in [4.69, 9.17) is 16.2 Å². The number of piperazine rings is 1. The lowest BCUT2D eigenvalue weighted by Gasteiger charge is -2.32. The van der Waals surface area contributed by atoms with Crippen molar-refractivity contribution in [2.45, 2.75) is 25.7 Å². The zero-order chi connectivity index (χ0) is 21.2. The smallest absolute Gasteiger partial charge is 0.338 e. The van der Waals surface area contributed by atoms with Gasteiger partial charge in [-0.1, -0.05) is 6.07 Å². The summed E-state index contributed by atoms with van der Waals surface area (Å²) in [5, 5.41) is 9.74. The third kappa shape index (κ3) is 7.88. The SMILES string of the molecule is CN1CCN(CCCOc2ccc(CCCCN(O)C(N)=O)cc2C(N)=O)CC1. The van der Waals surface area contributed by atoms with Gasteiger partial charge in [-0.05, 0) is 50.4 Å². The van der Waals surface area contributed by atoms with Crippen LogP contribution in [0.1, 0.15) is 35.2 Å². The molecule has 0 unspecified atom stereocenters. The average molecular weight is 408 g/mol. The number of aryl methyl sites for hydroxylation is 1. The van der Waals surface area contributed by atoms with Crippen LogP contribution in [-0.4, -0.2) is 84.9 Å². The van der Waals surface area contributed by atoms with E-state index in [0.29, 0.717) is 35.8 Å². The number of carbonyl (C=O) groups excluding carboxylic acids is 2. The summed E-state index contributed by atoms with van der Waals surface area (Å²) in [4.78, 5) is 27.3. The van der Waals surface area contributed by atoms with E-state index in [1.54, 1.807) is 12.1 Å². The molecule has 1 heterocycles. The van der Waals surface area contributed by atoms with Crippen molar-refractivity contribution < 1.29 is 19.5 Å². The fourth-order valence-electron chi connectivity index (χ4n) is 3.29. The number of hydrogen-bond donors (Lipinski definition) is 3. The van der Waals surface area contributed by atoms with E-state index in [-0.39, 0.29) is 6.54 Å². The predicted octanol–water partition coefficient (Wildman–Crippen LogP) is 0.894. The van der Waals surface area contributed by atoms with Crippen molar-refractivity contribution in [1.82, 2.24) is 14.9 Å². The summed E-state index contributed by atoms with van der Waals surface area (Å²) in [6.07, 6.45) is 2.90. The van der Waals surface area contributed by atoms with Crippen molar-refractivity contribution in [3.05, 3.63) is 29.3 Å². The highest BCUT2D eigenvalue weighted by atomic mass is 16.5. The summed E-state index contributed by atoms with van der Waals surface area (Å²) in [5.74, 6) is -0.00827. The molecule has 1 saturated heterocycles. The standard InChI is InChI=1S/C20H33N5O4/c1-23-10-12-24(13-11-23)8-4-14-29-18-7-6-16(15-17(18)19(21)26)5-2-3-9-25(28)20(22)27/h6-7,15,28H,2-5,8-14H2,1H3,(H2,21,26)(H2,22,27). The number of nitrogens with zero attached hydrogens (tertiary/aromatic N) is 3. The monoisotopic (exact) mass is 407 g/mol. The largest absolute Gasteiger partial charge is 0.493 e. The molecule has 0 aliphatic carbocycles. The third-order valence-corrected chi connectivity index (χ3v) is 5.12. The number of benzene rings is 1. The van der Waals surface area contributed by atoms with Gasteiger partial charge in [0.2, 0.25) is 0 Å². The van der Waals surface area contributed by atoms with Crippen LogP contribution in [0.5, 0.6) is 5.75 Å². The van der Waals surface area contributed by atoms with Gasteiger partial charge >= 0.3 is 6.03 Å². The van der Waals surface area contributed by atoms with Gasteiger partial charge in [0.1, 0.15) is 5.75 Å². The van der Waals surface area contributed by atoms with Gasteiger partial charge in [0.15, 0.2) is 0 Å². The lowest BCUT2D eigenvalue weighted by Crippen LogP contribution is -2.44. The normalized spacial score (nSPS) is 15.2. The minimum atomic E-state index is -0.866. The fraction of sp³-hybridized carbons (Fsp3) is 0.600. The first kappa shape index (κ1) is 22.9. The van der Waals surface area contributed by atoms with E-state index in [9.17, 15) is 14.8 Å². The second-order valence-corrected chi connectivity index (χ2v) is 7.46. The molecule has 0 bridgehead atoms. The molecule has 0 spiro atoms. The second-order valence-electron chi connectivity index (χ2n) is 7.46. The Hall–Kier alpha value is -2.36. The van der Waals surface area contributed by atoms with Crippen LogP contribution in [0.2, 0.25) is 0 Å². The van der Waals surface area contributed by atoms with E-state index in [1.165, 1.54) is 0 Å². The molecule has 3 amide bonds. The lowest BCUT2D eigenvalue weighted by molar-refractivity contribution is -0.0402. The predicted molar refractivity (Wildman–Crippen MR) is 110 cm³/mol. The zero-order valence-electron chi connectivity index (χ0n) is 17.2. The van der Waals surface area contributed by atoms with Crippen molar-refractivity contribution in [2.24, 2.45) is 11.5 Å². The Labute approximate surface area is 172 Å². The molecule has 0 saturated carbocycles. The highest BCUT2D eigenvalue weighted by molar-refractivity contribution is 5.95. The van der Waals surface area contributed by atoms with Crippen LogP contribution >= 0.6 is 0 Å². The molecule has 0 aromatic heterocycles. The van der Waals surface area contributed by atoms with E-state index < -0.39 is 11.9 Å². The van der Waals surface area contributed by atoms with E-state index in [1.807, 2.05) is 6.07 Å². The van der Waals surface area contributed by atoms with Crippen LogP contribution in [0.25, 0.3) is 0 Å². The van der Waals surface area contributed by atoms with Gasteiger partial charge in [0.25, 0.3) is 5.91 Å². The van der Waals surface area contributed by atoms with Crippen LogP contribution in [0.4, 0.5) is 4.79 Å². The number of unbranched alkanes of at least 4 members (excludes halogenated alkanes) is 1. The van der Waals surface area contributed by atoms with Crippen LogP contribution in [-0.2, 0) is 6.42 Å². The molecule has 0 atom stereocenters. The third-order valence-electron chi connectivity index (χ3n) is 5.12. The number of urea groups is 1. The van der Waals surface area contributed by atoms with Crippen LogP contribution in [0, 0.1) is 0 Å². The van der Waals surface area contributed by atoms with Gasteiger partial charge in [0.05, 0.1) is 18.7 Å². The highest BCUT2D eigenvalue weighted by Crippen LogP contribution is 2.21. The van der Waals surface area contributed by atoms with Gasteiger partial charge in [-0.2, -0.15) is 0 Å². The van der Waals surface area contributed by atoms with Gasteiger partial charge in [0, 0.05) is 32.7 Å². The van der Waals surface area contributed by atoms with Gasteiger partial charge in [-0.3, -0.25) is 10.0 Å². The fourth-order valence-corrected chi connectivity index (χ4v) is 3.29. The van der Waals surface area contributed by atoms with E-state index in [2.05, 4.69) is 16.8 Å². The number of carbonyl (C=O) groups is 2. The highest BCUT2D eigenvalue weighted by Gasteiger charge is 2.14. The molecule has 29 heavy (non-hydrogen) atoms. The number of rotatable bonds is 11. The number of ether oxygens (including phenoxy) is 1. The first-order valence-electron chi connectivity index (χ1n) is 10.1. The Morgan fingerprint density at radius 2 is 1.86 bits per heavy atom. The number of primary amides is 2. The summed E-state index contributed by atoms with van der Waals surface area (Å²) >= 11 is 0. The van der Waals surface area contributed by atoms with Gasteiger partial charge in [-0.15, -0.1) is 0 Å². The number of hydrogen-bond acceptors (Lipinski definition) is 6. The Bertz CT molecular complexity index is 677. The Kier molecular flexibility index (Phi) is 9.17. The molecule has 0 radical (unpaired) electrons. The van der Waals surface area contributed by atoms with Crippen molar-refractivity contribution in [3.8, 4) is 5.75 Å². The van der Waals surface area contributed by atoms with E-state index >= 15 is 0 Å². The minimum Gasteiger partial charge on any atom is -0.493 e. The number of nitrogens with two attached hydrogens (primary N) is 2. The number of likely N-dealkylation sites (N-methyl/N-ethyl adjacent to an activating group) is 1. The molecule has 2 rings (SSSR count). The maximum Gasteiger partial charge on any atom is 0.338 e. The maximum absolute atomic E-state index is 11.8. The molecule has 1 aliphatic rings. The summed E-state index contributed by atoms with van der Waals surface area (Å²) in [7, 11) is 2.14. The van der Waals surface area contributed by atoms with Crippen molar-refractivity contribution in [3.63, 3.8) is 0 Å². The summed E-state index contributed by atoms with van der Waals surface area (Å²) in [5.41, 5.74) is 11.8. The summed E-state index contributed by atoms with van der Waals surface area (Å²) in [6, 6.07) is 4.58. The van der Waals surface area contributed by atoms with Crippen molar-refractivity contribution in [2.75, 3.05) is 52.9 Å². The summed E-state index contributed by atoms with van der Waals surface area (Å²) < 4.78 is 5.82. The molecule has 5 N–H and O–H groups in total. The lowest BCUT2D eigenvalue weighted by atomic mass is 10.0. The molecule has 9 heteroatoms. The quantitative estimate of drug-likeness (QED) is 0.284. The molecule has 1 fully saturated rings. The molecule has 162 valence electrons. The van der Waals surface area contributed by atoms with Crippen LogP contribution < -0.4 is 16.2 Å². The molecular weight excluding hydrogens is 374 g/mol. The minimum absolute atomic E-state index is 0.173. The Morgan fingerprint density at radius 1 is 1.14 bits per heavy atom. The number of amides is 3. The van der Waals surface area contributed by atoms with Crippen molar-refractivity contribution >= 4 is 11.9 Å². The van der Waals surface area contributed by atoms with Crippen LogP contribution in [0.3, 0.4) is 0 Å². The molecule has 1 aliphatic heterocycles. The summed E-state index contributed by atoms with van der Waals surface area (Å²) in [6.45, 7) is 6.01. The van der Waals surface area contributed by atoms with Gasteiger partial charge < -0.3 is 26.0 Å². The molecule has 9 nitrogen and oxygen atoms in total.